The molecule has 110 valence electrons. The lowest BCUT2D eigenvalue weighted by Crippen LogP contribution is -2.15. The first kappa shape index (κ1) is 15.7. The molecule has 1 saturated carbocycles. The van der Waals surface area contributed by atoms with E-state index in [0.717, 1.165) is 15.9 Å². The van der Waals surface area contributed by atoms with Gasteiger partial charge in [-0.2, -0.15) is 0 Å². The maximum Gasteiger partial charge on any atom is 0.0603 e. The van der Waals surface area contributed by atoms with Gasteiger partial charge in [-0.05, 0) is 54.8 Å². The molecule has 1 aliphatic rings. The molecule has 0 amide bonds. The van der Waals surface area contributed by atoms with Crippen LogP contribution in [0.5, 0.6) is 0 Å². The molecule has 5 heteroatoms. The standard InChI is InChI=1S/C16H14BrCl2NS/c17-11-1-6-16(10(7-11)9-20-12-2-3-12)21-13-4-5-14(18)15(19)8-13/h1,4-8,12,20H,2-3,9H2. The van der Waals surface area contributed by atoms with Crippen molar-refractivity contribution in [1.29, 1.82) is 0 Å². The summed E-state index contributed by atoms with van der Waals surface area (Å²) < 4.78 is 1.11. The topological polar surface area (TPSA) is 12.0 Å². The Morgan fingerprint density at radius 3 is 2.62 bits per heavy atom. The average Bonchev–Trinajstić information content (AvgIpc) is 3.27. The molecular weight excluding hydrogens is 389 g/mol. The second kappa shape index (κ2) is 6.93. The summed E-state index contributed by atoms with van der Waals surface area (Å²) in [6.45, 7) is 0.897. The van der Waals surface area contributed by atoms with E-state index in [-0.39, 0.29) is 0 Å². The van der Waals surface area contributed by atoms with E-state index in [2.05, 4.69) is 39.4 Å². The second-order valence-electron chi connectivity index (χ2n) is 5.09. The maximum atomic E-state index is 6.09. The molecule has 1 fully saturated rings. The number of nitrogens with one attached hydrogen (secondary N) is 1. The lowest BCUT2D eigenvalue weighted by Gasteiger charge is -2.11. The van der Waals surface area contributed by atoms with Gasteiger partial charge in [0.2, 0.25) is 0 Å². The Bertz CT molecular complexity index is 659. The Morgan fingerprint density at radius 1 is 1.10 bits per heavy atom. The molecular formula is C16H14BrCl2NS. The number of rotatable bonds is 5. The van der Waals surface area contributed by atoms with Crippen LogP contribution in [0.2, 0.25) is 10.0 Å². The van der Waals surface area contributed by atoms with Gasteiger partial charge in [0.15, 0.2) is 0 Å². The predicted octanol–water partition coefficient (Wildman–Crippen LogP) is 6.16. The Labute approximate surface area is 147 Å². The lowest BCUT2D eigenvalue weighted by atomic mass is 10.2. The van der Waals surface area contributed by atoms with Gasteiger partial charge in [0, 0.05) is 26.9 Å². The van der Waals surface area contributed by atoms with E-state index in [1.807, 2.05) is 18.2 Å². The van der Waals surface area contributed by atoms with Crippen molar-refractivity contribution < 1.29 is 0 Å². The molecule has 2 aromatic rings. The highest BCUT2D eigenvalue weighted by atomic mass is 79.9. The Balaban J connectivity index is 1.80. The van der Waals surface area contributed by atoms with Gasteiger partial charge in [-0.1, -0.05) is 50.9 Å². The highest BCUT2D eigenvalue weighted by Crippen LogP contribution is 2.35. The van der Waals surface area contributed by atoms with Crippen molar-refractivity contribution in [3.05, 3.63) is 56.5 Å². The molecule has 3 rings (SSSR count). The van der Waals surface area contributed by atoms with Crippen molar-refractivity contribution >= 4 is 50.9 Å². The summed E-state index contributed by atoms with van der Waals surface area (Å²) in [6.07, 6.45) is 2.59. The van der Waals surface area contributed by atoms with Crippen LogP contribution >= 0.6 is 50.9 Å². The normalized spacial score (nSPS) is 14.4. The summed E-state index contributed by atoms with van der Waals surface area (Å²) in [7, 11) is 0. The predicted molar refractivity (Wildman–Crippen MR) is 94.6 cm³/mol. The maximum absolute atomic E-state index is 6.09. The zero-order valence-electron chi connectivity index (χ0n) is 11.2. The minimum atomic E-state index is 0.590. The van der Waals surface area contributed by atoms with Gasteiger partial charge in [-0.3, -0.25) is 0 Å². The van der Waals surface area contributed by atoms with Crippen molar-refractivity contribution in [2.75, 3.05) is 0 Å². The molecule has 0 aliphatic heterocycles. The van der Waals surface area contributed by atoms with Crippen LogP contribution in [0.25, 0.3) is 0 Å². The molecule has 0 aromatic heterocycles. The molecule has 1 N–H and O–H groups in total. The van der Waals surface area contributed by atoms with E-state index < -0.39 is 0 Å². The fourth-order valence-corrected chi connectivity index (χ4v) is 3.73. The fourth-order valence-electron chi connectivity index (χ4n) is 1.99. The third kappa shape index (κ3) is 4.40. The molecule has 21 heavy (non-hydrogen) atoms. The van der Waals surface area contributed by atoms with Crippen LogP contribution in [0.15, 0.2) is 50.7 Å². The molecule has 0 saturated heterocycles. The van der Waals surface area contributed by atoms with Crippen LogP contribution < -0.4 is 5.32 Å². The van der Waals surface area contributed by atoms with Gasteiger partial charge in [-0.25, -0.2) is 0 Å². The van der Waals surface area contributed by atoms with E-state index >= 15 is 0 Å². The first-order valence-electron chi connectivity index (χ1n) is 6.76. The monoisotopic (exact) mass is 401 g/mol. The molecule has 0 heterocycles. The van der Waals surface area contributed by atoms with Crippen molar-refractivity contribution in [3.8, 4) is 0 Å². The molecule has 1 aliphatic carbocycles. The SMILES string of the molecule is Clc1ccc(Sc2ccc(Br)cc2CNC2CC2)cc1Cl. The molecule has 0 atom stereocenters. The van der Waals surface area contributed by atoms with Crippen LogP contribution in [0.4, 0.5) is 0 Å². The van der Waals surface area contributed by atoms with Crippen molar-refractivity contribution in [2.45, 2.75) is 35.2 Å². The first-order chi connectivity index (χ1) is 10.1. The third-order valence-electron chi connectivity index (χ3n) is 3.30. The summed E-state index contributed by atoms with van der Waals surface area (Å²) in [5, 5.41) is 4.75. The van der Waals surface area contributed by atoms with E-state index in [1.165, 1.54) is 23.3 Å². The highest BCUT2D eigenvalue weighted by molar-refractivity contribution is 9.10. The molecule has 2 aromatic carbocycles. The van der Waals surface area contributed by atoms with Gasteiger partial charge in [0.1, 0.15) is 0 Å². The quantitative estimate of drug-likeness (QED) is 0.642. The Morgan fingerprint density at radius 2 is 1.90 bits per heavy atom. The van der Waals surface area contributed by atoms with Crippen LogP contribution in [0.1, 0.15) is 18.4 Å². The van der Waals surface area contributed by atoms with Gasteiger partial charge >= 0.3 is 0 Å². The number of hydrogen-bond donors (Lipinski definition) is 1. The van der Waals surface area contributed by atoms with Gasteiger partial charge < -0.3 is 5.32 Å². The zero-order chi connectivity index (χ0) is 14.8. The third-order valence-corrected chi connectivity index (χ3v) is 5.64. The van der Waals surface area contributed by atoms with E-state index in [1.54, 1.807) is 11.8 Å². The minimum Gasteiger partial charge on any atom is -0.310 e. The van der Waals surface area contributed by atoms with Crippen LogP contribution in [-0.2, 0) is 6.54 Å². The van der Waals surface area contributed by atoms with Crippen molar-refractivity contribution in [1.82, 2.24) is 5.32 Å². The van der Waals surface area contributed by atoms with Crippen LogP contribution in [-0.4, -0.2) is 6.04 Å². The van der Waals surface area contributed by atoms with Crippen LogP contribution in [0.3, 0.4) is 0 Å². The molecule has 0 spiro atoms. The number of benzene rings is 2. The van der Waals surface area contributed by atoms with Crippen LogP contribution in [0, 0.1) is 0 Å². The van der Waals surface area contributed by atoms with E-state index in [4.69, 9.17) is 23.2 Å². The smallest absolute Gasteiger partial charge is 0.0603 e. The summed E-state index contributed by atoms with van der Waals surface area (Å²) in [4.78, 5) is 2.34. The first-order valence-corrected chi connectivity index (χ1v) is 9.13. The molecule has 0 unspecified atom stereocenters. The highest BCUT2D eigenvalue weighted by Gasteiger charge is 2.20. The van der Waals surface area contributed by atoms with Gasteiger partial charge in [0.05, 0.1) is 10.0 Å². The number of hydrogen-bond acceptors (Lipinski definition) is 2. The summed E-state index contributed by atoms with van der Waals surface area (Å²) in [5.74, 6) is 0. The average molecular weight is 403 g/mol. The van der Waals surface area contributed by atoms with Crippen molar-refractivity contribution in [3.63, 3.8) is 0 Å². The molecule has 1 nitrogen and oxygen atoms in total. The van der Waals surface area contributed by atoms with E-state index in [9.17, 15) is 0 Å². The number of halogens is 3. The molecule has 0 radical (unpaired) electrons. The Kier molecular flexibility index (Phi) is 5.18. The summed E-state index contributed by atoms with van der Waals surface area (Å²) in [6, 6.07) is 12.8. The largest absolute Gasteiger partial charge is 0.310 e. The van der Waals surface area contributed by atoms with Crippen molar-refractivity contribution in [2.24, 2.45) is 0 Å². The summed E-state index contributed by atoms with van der Waals surface area (Å²) >= 11 is 17.3. The Hall–Kier alpha value is -0.190. The van der Waals surface area contributed by atoms with E-state index in [0.29, 0.717) is 16.1 Å². The minimum absolute atomic E-state index is 0.590. The second-order valence-corrected chi connectivity index (χ2v) is 7.93. The van der Waals surface area contributed by atoms with Gasteiger partial charge in [0.25, 0.3) is 0 Å². The fraction of sp³-hybridized carbons (Fsp3) is 0.250. The summed E-state index contributed by atoms with van der Waals surface area (Å²) in [5.41, 5.74) is 1.30. The zero-order valence-corrected chi connectivity index (χ0v) is 15.1. The lowest BCUT2D eigenvalue weighted by molar-refractivity contribution is 0.680. The van der Waals surface area contributed by atoms with Gasteiger partial charge in [-0.15, -0.1) is 0 Å². The molecule has 0 bridgehead atoms.